The second kappa shape index (κ2) is 9.33. The lowest BCUT2D eigenvalue weighted by Gasteiger charge is -2.34. The molecule has 1 aliphatic heterocycles. The van der Waals surface area contributed by atoms with Crippen LogP contribution < -0.4 is 5.32 Å². The minimum absolute atomic E-state index is 0.0789. The molecule has 0 unspecified atom stereocenters. The molecule has 1 saturated heterocycles. The van der Waals surface area contributed by atoms with Crippen molar-refractivity contribution < 1.29 is 9.59 Å². The third-order valence-electron chi connectivity index (χ3n) is 4.86. The van der Waals surface area contributed by atoms with Gasteiger partial charge in [0.15, 0.2) is 0 Å². The summed E-state index contributed by atoms with van der Waals surface area (Å²) < 4.78 is 0. The van der Waals surface area contributed by atoms with Gasteiger partial charge in [-0.05, 0) is 18.1 Å². The molecule has 3 rings (SSSR count). The van der Waals surface area contributed by atoms with E-state index in [-0.39, 0.29) is 18.2 Å². The molecular formula is C22H27N3O2. The van der Waals surface area contributed by atoms with Crippen LogP contribution in [0.4, 0.5) is 0 Å². The van der Waals surface area contributed by atoms with Gasteiger partial charge in [-0.3, -0.25) is 14.5 Å². The summed E-state index contributed by atoms with van der Waals surface area (Å²) in [6, 6.07) is 18.4. The van der Waals surface area contributed by atoms with Crippen molar-refractivity contribution in [3.05, 3.63) is 71.3 Å². The second-order valence-electron chi connectivity index (χ2n) is 7.09. The summed E-state index contributed by atoms with van der Waals surface area (Å²) in [7, 11) is 0. The van der Waals surface area contributed by atoms with E-state index in [0.29, 0.717) is 19.6 Å². The molecule has 2 aromatic carbocycles. The summed E-state index contributed by atoms with van der Waals surface area (Å²) in [4.78, 5) is 28.6. The summed E-state index contributed by atoms with van der Waals surface area (Å²) in [6.45, 7) is 6.41. The standard InChI is InChI=1S/C22H27N3O2/c1-18-6-5-9-20(14-18)16-23-21(26)15-22(27)25-12-10-24(11-13-25)17-19-7-3-2-4-8-19/h2-9,14H,10-13,15-17H2,1H3,(H,23,26). The summed E-state index contributed by atoms with van der Waals surface area (Å²) >= 11 is 0. The van der Waals surface area contributed by atoms with E-state index < -0.39 is 0 Å². The Morgan fingerprint density at radius 1 is 0.926 bits per heavy atom. The minimum atomic E-state index is -0.215. The molecule has 1 aliphatic rings. The molecule has 2 amide bonds. The van der Waals surface area contributed by atoms with Crippen molar-refractivity contribution in [1.82, 2.24) is 15.1 Å². The zero-order chi connectivity index (χ0) is 19.1. The van der Waals surface area contributed by atoms with Crippen molar-refractivity contribution in [2.45, 2.75) is 26.4 Å². The molecule has 0 radical (unpaired) electrons. The fraction of sp³-hybridized carbons (Fsp3) is 0.364. The normalized spacial score (nSPS) is 14.8. The van der Waals surface area contributed by atoms with E-state index in [9.17, 15) is 9.59 Å². The van der Waals surface area contributed by atoms with E-state index in [2.05, 4.69) is 22.3 Å². The molecule has 0 aromatic heterocycles. The van der Waals surface area contributed by atoms with Crippen LogP contribution >= 0.6 is 0 Å². The molecule has 1 N–H and O–H groups in total. The van der Waals surface area contributed by atoms with Crippen molar-refractivity contribution in [3.8, 4) is 0 Å². The van der Waals surface area contributed by atoms with Crippen LogP contribution in [0, 0.1) is 6.92 Å². The SMILES string of the molecule is Cc1cccc(CNC(=O)CC(=O)N2CCN(Cc3ccccc3)CC2)c1. The van der Waals surface area contributed by atoms with Crippen LogP contribution in [0.1, 0.15) is 23.1 Å². The highest BCUT2D eigenvalue weighted by Gasteiger charge is 2.22. The molecular weight excluding hydrogens is 338 g/mol. The van der Waals surface area contributed by atoms with Crippen LogP contribution in [0.15, 0.2) is 54.6 Å². The number of hydrogen-bond acceptors (Lipinski definition) is 3. The first kappa shape index (κ1) is 19.1. The van der Waals surface area contributed by atoms with Gasteiger partial charge >= 0.3 is 0 Å². The van der Waals surface area contributed by atoms with Gasteiger partial charge in [-0.25, -0.2) is 0 Å². The fourth-order valence-electron chi connectivity index (χ4n) is 3.33. The molecule has 1 fully saturated rings. The largest absolute Gasteiger partial charge is 0.352 e. The van der Waals surface area contributed by atoms with Gasteiger partial charge in [-0.1, -0.05) is 60.2 Å². The topological polar surface area (TPSA) is 52.7 Å². The Kier molecular flexibility index (Phi) is 6.60. The van der Waals surface area contributed by atoms with Crippen LogP contribution in [0.5, 0.6) is 0 Å². The summed E-state index contributed by atoms with van der Waals surface area (Å²) in [5, 5.41) is 2.84. The maximum absolute atomic E-state index is 12.4. The van der Waals surface area contributed by atoms with Gasteiger partial charge in [0.05, 0.1) is 0 Å². The van der Waals surface area contributed by atoms with Crippen LogP contribution in [0.2, 0.25) is 0 Å². The number of carbonyl (C=O) groups is 2. The average molecular weight is 365 g/mol. The Morgan fingerprint density at radius 3 is 2.33 bits per heavy atom. The molecule has 0 aliphatic carbocycles. The zero-order valence-electron chi connectivity index (χ0n) is 15.9. The van der Waals surface area contributed by atoms with Crippen LogP contribution in [-0.4, -0.2) is 47.8 Å². The minimum Gasteiger partial charge on any atom is -0.352 e. The maximum Gasteiger partial charge on any atom is 0.232 e. The molecule has 5 heteroatoms. The summed E-state index contributed by atoms with van der Waals surface area (Å²) in [5.41, 5.74) is 3.49. The van der Waals surface area contributed by atoms with Crippen molar-refractivity contribution in [1.29, 1.82) is 0 Å². The fourth-order valence-corrected chi connectivity index (χ4v) is 3.33. The molecule has 0 atom stereocenters. The highest BCUT2D eigenvalue weighted by atomic mass is 16.2. The molecule has 142 valence electrons. The predicted octanol–water partition coefficient (Wildman–Crippen LogP) is 2.35. The molecule has 27 heavy (non-hydrogen) atoms. The van der Waals surface area contributed by atoms with Crippen molar-refractivity contribution in [2.24, 2.45) is 0 Å². The van der Waals surface area contributed by atoms with E-state index >= 15 is 0 Å². The number of aryl methyl sites for hydroxylation is 1. The van der Waals surface area contributed by atoms with Gasteiger partial charge in [-0.2, -0.15) is 0 Å². The Balaban J connectivity index is 1.39. The van der Waals surface area contributed by atoms with Crippen molar-refractivity contribution >= 4 is 11.8 Å². The number of nitrogens with zero attached hydrogens (tertiary/aromatic N) is 2. The van der Waals surface area contributed by atoms with Crippen LogP contribution in [0.25, 0.3) is 0 Å². The highest BCUT2D eigenvalue weighted by molar-refractivity contribution is 5.96. The first-order valence-corrected chi connectivity index (χ1v) is 9.46. The Labute approximate surface area is 161 Å². The number of piperazine rings is 1. The third kappa shape index (κ3) is 5.93. The molecule has 0 spiro atoms. The van der Waals surface area contributed by atoms with Gasteiger partial charge in [0.25, 0.3) is 0 Å². The summed E-state index contributed by atoms with van der Waals surface area (Å²) in [5.74, 6) is -0.302. The zero-order valence-corrected chi connectivity index (χ0v) is 15.9. The Hall–Kier alpha value is -2.66. The number of rotatable bonds is 6. The van der Waals surface area contributed by atoms with Crippen molar-refractivity contribution in [2.75, 3.05) is 26.2 Å². The average Bonchev–Trinajstić information content (AvgIpc) is 2.68. The smallest absolute Gasteiger partial charge is 0.232 e. The summed E-state index contributed by atoms with van der Waals surface area (Å²) in [6.07, 6.45) is -0.0789. The van der Waals surface area contributed by atoms with Gasteiger partial charge < -0.3 is 10.2 Å². The monoisotopic (exact) mass is 365 g/mol. The number of carbonyl (C=O) groups excluding carboxylic acids is 2. The Bertz CT molecular complexity index is 768. The van der Waals surface area contributed by atoms with E-state index in [0.717, 1.165) is 30.8 Å². The van der Waals surface area contributed by atoms with E-state index in [1.54, 1.807) is 4.90 Å². The first-order valence-electron chi connectivity index (χ1n) is 9.46. The van der Waals surface area contributed by atoms with E-state index in [4.69, 9.17) is 0 Å². The van der Waals surface area contributed by atoms with Crippen LogP contribution in [0.3, 0.4) is 0 Å². The number of nitrogens with one attached hydrogen (secondary N) is 1. The molecule has 2 aromatic rings. The van der Waals surface area contributed by atoms with Gasteiger partial charge in [0.2, 0.25) is 11.8 Å². The van der Waals surface area contributed by atoms with Crippen molar-refractivity contribution in [3.63, 3.8) is 0 Å². The van der Waals surface area contributed by atoms with Gasteiger partial charge in [0.1, 0.15) is 6.42 Å². The number of benzene rings is 2. The molecule has 0 saturated carbocycles. The third-order valence-corrected chi connectivity index (χ3v) is 4.86. The maximum atomic E-state index is 12.4. The van der Waals surface area contributed by atoms with Gasteiger partial charge in [-0.15, -0.1) is 0 Å². The molecule has 0 bridgehead atoms. The highest BCUT2D eigenvalue weighted by Crippen LogP contribution is 2.09. The quantitative estimate of drug-likeness (QED) is 0.800. The lowest BCUT2D eigenvalue weighted by molar-refractivity contribution is -0.137. The van der Waals surface area contributed by atoms with E-state index in [1.165, 1.54) is 5.56 Å². The number of hydrogen-bond donors (Lipinski definition) is 1. The van der Waals surface area contributed by atoms with Crippen LogP contribution in [-0.2, 0) is 22.7 Å². The van der Waals surface area contributed by atoms with Gasteiger partial charge in [0, 0.05) is 39.3 Å². The lowest BCUT2D eigenvalue weighted by Crippen LogP contribution is -2.49. The lowest BCUT2D eigenvalue weighted by atomic mass is 10.1. The first-order chi connectivity index (χ1) is 13.1. The predicted molar refractivity (Wildman–Crippen MR) is 106 cm³/mol. The Morgan fingerprint density at radius 2 is 1.63 bits per heavy atom. The molecule has 5 nitrogen and oxygen atoms in total. The number of amides is 2. The second-order valence-corrected chi connectivity index (χ2v) is 7.09. The van der Waals surface area contributed by atoms with E-state index in [1.807, 2.05) is 49.4 Å². The molecule has 1 heterocycles.